The lowest BCUT2D eigenvalue weighted by Gasteiger charge is -2.09. The van der Waals surface area contributed by atoms with E-state index in [0.29, 0.717) is 6.42 Å². The van der Waals surface area contributed by atoms with Crippen LogP contribution in [0.4, 0.5) is 4.39 Å². The van der Waals surface area contributed by atoms with Crippen LogP contribution >= 0.6 is 0 Å². The predicted molar refractivity (Wildman–Crippen MR) is 66.6 cm³/mol. The number of benzene rings is 1. The van der Waals surface area contributed by atoms with E-state index in [9.17, 15) is 17.6 Å². The predicted octanol–water partition coefficient (Wildman–Crippen LogP) is 1.68. The van der Waals surface area contributed by atoms with E-state index in [-0.39, 0.29) is 35.4 Å². The molecule has 3 nitrogen and oxygen atoms in total. The van der Waals surface area contributed by atoms with Crippen LogP contribution in [0.2, 0.25) is 0 Å². The van der Waals surface area contributed by atoms with Gasteiger partial charge >= 0.3 is 0 Å². The Morgan fingerprint density at radius 2 is 2.17 bits per heavy atom. The van der Waals surface area contributed by atoms with Gasteiger partial charge in [-0.2, -0.15) is 0 Å². The summed E-state index contributed by atoms with van der Waals surface area (Å²) in [5.41, 5.74) is 1.50. The fraction of sp³-hybridized carbons (Fsp3) is 0.462. The normalized spacial score (nSPS) is 22.0. The fourth-order valence-corrected chi connectivity index (χ4v) is 4.01. The first-order chi connectivity index (χ1) is 8.37. The van der Waals surface area contributed by atoms with Gasteiger partial charge in [-0.3, -0.25) is 4.79 Å². The second kappa shape index (κ2) is 4.80. The van der Waals surface area contributed by atoms with Crippen molar-refractivity contribution in [2.24, 2.45) is 5.92 Å². The van der Waals surface area contributed by atoms with Gasteiger partial charge in [-0.1, -0.05) is 6.07 Å². The molecule has 0 aromatic heterocycles. The summed E-state index contributed by atoms with van der Waals surface area (Å²) < 4.78 is 35.5. The van der Waals surface area contributed by atoms with Gasteiger partial charge in [-0.15, -0.1) is 0 Å². The molecule has 1 heterocycles. The lowest BCUT2D eigenvalue weighted by atomic mass is 9.95. The molecule has 18 heavy (non-hydrogen) atoms. The highest BCUT2D eigenvalue weighted by Crippen LogP contribution is 2.22. The number of carbonyl (C=O) groups excluding carboxylic acids is 1. The molecule has 0 spiro atoms. The smallest absolute Gasteiger partial charge is 0.151 e. The minimum Gasteiger partial charge on any atom is -0.299 e. The van der Waals surface area contributed by atoms with Crippen LogP contribution in [0.5, 0.6) is 0 Å². The molecule has 0 bridgehead atoms. The van der Waals surface area contributed by atoms with Crippen molar-refractivity contribution in [3.8, 4) is 0 Å². The van der Waals surface area contributed by atoms with Crippen molar-refractivity contribution in [1.82, 2.24) is 0 Å². The topological polar surface area (TPSA) is 51.2 Å². The molecular weight excluding hydrogens is 255 g/mol. The van der Waals surface area contributed by atoms with Gasteiger partial charge in [0.15, 0.2) is 9.84 Å². The Labute approximate surface area is 106 Å². The van der Waals surface area contributed by atoms with Crippen molar-refractivity contribution in [2.45, 2.75) is 19.8 Å². The summed E-state index contributed by atoms with van der Waals surface area (Å²) in [5.74, 6) is -0.713. The number of sulfone groups is 1. The SMILES string of the molecule is Cc1cc(F)ccc1CC(=O)C1CCS(=O)(=O)C1. The van der Waals surface area contributed by atoms with E-state index >= 15 is 0 Å². The third kappa shape index (κ3) is 2.96. The number of halogens is 1. The molecule has 0 N–H and O–H groups in total. The van der Waals surface area contributed by atoms with Crippen LogP contribution in [0.25, 0.3) is 0 Å². The van der Waals surface area contributed by atoms with E-state index in [1.165, 1.54) is 12.1 Å². The first-order valence-electron chi connectivity index (χ1n) is 5.85. The molecule has 2 rings (SSSR count). The van der Waals surface area contributed by atoms with Gasteiger partial charge in [0.05, 0.1) is 11.5 Å². The third-order valence-corrected chi connectivity index (χ3v) is 5.13. The highest BCUT2D eigenvalue weighted by molar-refractivity contribution is 7.91. The number of carbonyl (C=O) groups is 1. The molecule has 1 unspecified atom stereocenters. The standard InChI is InChI=1S/C13H15FO3S/c1-9-6-12(14)3-2-10(9)7-13(15)11-4-5-18(16,17)8-11/h2-3,6,11H,4-5,7-8H2,1H3. The van der Waals surface area contributed by atoms with E-state index in [1.54, 1.807) is 13.0 Å². The zero-order valence-electron chi connectivity index (χ0n) is 10.1. The van der Waals surface area contributed by atoms with Crippen LogP contribution in [0.3, 0.4) is 0 Å². The summed E-state index contributed by atoms with van der Waals surface area (Å²) in [6.45, 7) is 1.75. The van der Waals surface area contributed by atoms with Crippen LogP contribution in [0.15, 0.2) is 18.2 Å². The number of hydrogen-bond acceptors (Lipinski definition) is 3. The summed E-state index contributed by atoms with van der Waals surface area (Å²) in [6, 6.07) is 4.29. The Balaban J connectivity index is 2.08. The van der Waals surface area contributed by atoms with Gasteiger partial charge in [-0.25, -0.2) is 12.8 Å². The van der Waals surface area contributed by atoms with E-state index in [1.807, 2.05) is 0 Å². The lowest BCUT2D eigenvalue weighted by Crippen LogP contribution is -2.18. The summed E-state index contributed by atoms with van der Waals surface area (Å²) in [4.78, 5) is 12.0. The maximum atomic E-state index is 12.9. The zero-order valence-corrected chi connectivity index (χ0v) is 11.0. The summed E-state index contributed by atoms with van der Waals surface area (Å²) >= 11 is 0. The molecule has 1 fully saturated rings. The van der Waals surface area contributed by atoms with Crippen LogP contribution < -0.4 is 0 Å². The summed E-state index contributed by atoms with van der Waals surface area (Å²) in [6.07, 6.45) is 0.605. The van der Waals surface area contributed by atoms with Crippen molar-refractivity contribution in [3.05, 3.63) is 35.1 Å². The Kier molecular flexibility index (Phi) is 3.52. The van der Waals surface area contributed by atoms with Crippen molar-refractivity contribution < 1.29 is 17.6 Å². The molecular formula is C13H15FO3S. The van der Waals surface area contributed by atoms with Crippen molar-refractivity contribution in [2.75, 3.05) is 11.5 Å². The highest BCUT2D eigenvalue weighted by Gasteiger charge is 2.32. The highest BCUT2D eigenvalue weighted by atomic mass is 32.2. The Morgan fingerprint density at radius 1 is 1.44 bits per heavy atom. The Morgan fingerprint density at radius 3 is 2.72 bits per heavy atom. The molecule has 98 valence electrons. The zero-order chi connectivity index (χ0) is 13.3. The molecule has 1 atom stereocenters. The van der Waals surface area contributed by atoms with Crippen molar-refractivity contribution >= 4 is 15.6 Å². The second-order valence-corrected chi connectivity index (χ2v) is 7.04. The van der Waals surface area contributed by atoms with Gasteiger partial charge in [0, 0.05) is 12.3 Å². The molecule has 5 heteroatoms. The molecule has 1 aliphatic heterocycles. The van der Waals surface area contributed by atoms with Crippen LogP contribution in [-0.2, 0) is 21.1 Å². The molecule has 1 aromatic carbocycles. The van der Waals surface area contributed by atoms with E-state index in [4.69, 9.17) is 0 Å². The minimum absolute atomic E-state index is 0.0356. The third-order valence-electron chi connectivity index (χ3n) is 3.36. The molecule has 1 aromatic rings. The van der Waals surface area contributed by atoms with Crippen molar-refractivity contribution in [1.29, 1.82) is 0 Å². The Bertz CT molecular complexity index is 578. The maximum Gasteiger partial charge on any atom is 0.151 e. The number of aryl methyl sites for hydroxylation is 1. The molecule has 0 aliphatic carbocycles. The van der Waals surface area contributed by atoms with Gasteiger partial charge in [0.25, 0.3) is 0 Å². The molecule has 1 aliphatic rings. The molecule has 0 amide bonds. The van der Waals surface area contributed by atoms with E-state index in [2.05, 4.69) is 0 Å². The van der Waals surface area contributed by atoms with Gasteiger partial charge in [0.2, 0.25) is 0 Å². The minimum atomic E-state index is -3.03. The van der Waals surface area contributed by atoms with Crippen LogP contribution in [-0.4, -0.2) is 25.7 Å². The van der Waals surface area contributed by atoms with E-state index in [0.717, 1.165) is 11.1 Å². The molecule has 0 radical (unpaired) electrons. The van der Waals surface area contributed by atoms with E-state index < -0.39 is 9.84 Å². The average molecular weight is 270 g/mol. The number of rotatable bonds is 3. The quantitative estimate of drug-likeness (QED) is 0.839. The average Bonchev–Trinajstić information content (AvgIpc) is 2.63. The van der Waals surface area contributed by atoms with Crippen molar-refractivity contribution in [3.63, 3.8) is 0 Å². The molecule has 1 saturated heterocycles. The van der Waals surface area contributed by atoms with Gasteiger partial charge in [0.1, 0.15) is 11.6 Å². The maximum absolute atomic E-state index is 12.9. The van der Waals surface area contributed by atoms with Gasteiger partial charge in [-0.05, 0) is 36.6 Å². The second-order valence-electron chi connectivity index (χ2n) is 4.81. The monoisotopic (exact) mass is 270 g/mol. The lowest BCUT2D eigenvalue weighted by molar-refractivity contribution is -0.121. The Hall–Kier alpha value is -1.23. The first-order valence-corrected chi connectivity index (χ1v) is 7.68. The number of hydrogen-bond donors (Lipinski definition) is 0. The number of Topliss-reactive ketones (excluding diaryl/α,β-unsaturated/α-hetero) is 1. The summed E-state index contributed by atoms with van der Waals surface area (Å²) in [7, 11) is -3.03. The summed E-state index contributed by atoms with van der Waals surface area (Å²) in [5, 5.41) is 0. The largest absolute Gasteiger partial charge is 0.299 e. The van der Waals surface area contributed by atoms with Crippen LogP contribution in [0, 0.1) is 18.7 Å². The first kappa shape index (κ1) is 13.2. The number of ketones is 1. The fourth-order valence-electron chi connectivity index (χ4n) is 2.24. The van der Waals surface area contributed by atoms with Crippen LogP contribution in [0.1, 0.15) is 17.5 Å². The molecule has 0 saturated carbocycles. The van der Waals surface area contributed by atoms with Gasteiger partial charge < -0.3 is 0 Å².